The Morgan fingerprint density at radius 1 is 0.380 bits per heavy atom. The van der Waals surface area contributed by atoms with Crippen LogP contribution in [-0.2, 0) is 33.3 Å². The van der Waals surface area contributed by atoms with E-state index in [9.17, 15) is 19.5 Å². The molecule has 1 N–H and O–H groups in total. The molecular weight excluding hydrogens is 983 g/mol. The predicted molar refractivity (Wildman–Crippen MR) is 336 cm³/mol. The molecule has 0 aliphatic rings. The second kappa shape index (κ2) is 61.1. The van der Waals surface area contributed by atoms with Crippen molar-refractivity contribution in [3.05, 3.63) is 60.8 Å². The van der Waals surface area contributed by atoms with E-state index < -0.39 is 24.3 Å². The van der Waals surface area contributed by atoms with Gasteiger partial charge in [0.05, 0.1) is 34.4 Å². The summed E-state index contributed by atoms with van der Waals surface area (Å²) in [7, 11) is 5.98. The van der Waals surface area contributed by atoms with E-state index in [1.165, 1.54) is 225 Å². The molecule has 9 nitrogen and oxygen atoms in total. The van der Waals surface area contributed by atoms with E-state index in [2.05, 4.69) is 74.6 Å². The Hall–Kier alpha value is -3.01. The third-order valence-corrected chi connectivity index (χ3v) is 14.7. The van der Waals surface area contributed by atoms with Gasteiger partial charge >= 0.3 is 17.9 Å². The molecule has 0 bridgehead atoms. The van der Waals surface area contributed by atoms with E-state index >= 15 is 0 Å². The summed E-state index contributed by atoms with van der Waals surface area (Å²) in [5.74, 6) is -1.99. The maximum absolute atomic E-state index is 12.9. The number of ether oxygens (including phenoxy) is 4. The van der Waals surface area contributed by atoms with Gasteiger partial charge in [-0.15, -0.1) is 0 Å². The zero-order valence-electron chi connectivity index (χ0n) is 52.5. The smallest absolute Gasteiger partial charge is 0.361 e. The number of hydrogen-bond acceptors (Lipinski definition) is 7. The molecule has 9 heteroatoms. The van der Waals surface area contributed by atoms with Crippen molar-refractivity contribution in [3.8, 4) is 0 Å². The first-order valence-corrected chi connectivity index (χ1v) is 33.5. The molecule has 0 rings (SSSR count). The highest BCUT2D eigenvalue weighted by molar-refractivity contribution is 5.71. The Bertz CT molecular complexity index is 1480. The Morgan fingerprint density at radius 2 is 0.684 bits per heavy atom. The first-order chi connectivity index (χ1) is 38.6. The standard InChI is InChI=1S/C70H127NO8/c1-6-8-10-12-14-16-18-20-22-24-26-28-30-32-33-34-35-37-39-41-43-45-47-49-51-53-55-57-59-61-68(73)79-66(65-78-70(69(74)75)76-63-62-71(3,4)5)64-77-67(72)60-58-56-54-52-50-48-46-44-42-40-38-36-31-29-27-25-23-21-19-17-15-13-11-9-7-2/h18-21,24-27,30,32,66,70H,6-17,22-23,28-29,31,33-65H2,1-5H3/p+1/b20-18-,21-19-,26-24-,27-25-,32-30-. The summed E-state index contributed by atoms with van der Waals surface area (Å²) >= 11 is 0. The van der Waals surface area contributed by atoms with Crippen LogP contribution in [0.5, 0.6) is 0 Å². The number of carbonyl (C=O) groups is 3. The number of carboxylic acid groups (broad SMARTS) is 1. The van der Waals surface area contributed by atoms with E-state index in [1.54, 1.807) is 0 Å². The van der Waals surface area contributed by atoms with Crippen molar-refractivity contribution in [2.75, 3.05) is 47.5 Å². The van der Waals surface area contributed by atoms with E-state index in [0.29, 0.717) is 17.4 Å². The normalized spacial score (nSPS) is 13.1. The van der Waals surface area contributed by atoms with Crippen LogP contribution in [0.25, 0.3) is 0 Å². The number of carbonyl (C=O) groups excluding carboxylic acids is 2. The minimum atomic E-state index is -1.51. The van der Waals surface area contributed by atoms with Crippen molar-refractivity contribution in [2.24, 2.45) is 0 Å². The Labute approximate surface area is 488 Å². The number of nitrogens with zero attached hydrogens (tertiary/aromatic N) is 1. The largest absolute Gasteiger partial charge is 0.477 e. The molecule has 0 radical (unpaired) electrons. The summed E-state index contributed by atoms with van der Waals surface area (Å²) in [6.07, 6.45) is 76.0. The van der Waals surface area contributed by atoms with Gasteiger partial charge in [-0.25, -0.2) is 4.79 Å². The van der Waals surface area contributed by atoms with Gasteiger partial charge in [-0.3, -0.25) is 9.59 Å². The highest BCUT2D eigenvalue weighted by atomic mass is 16.7. The van der Waals surface area contributed by atoms with Crippen molar-refractivity contribution < 1.29 is 42.9 Å². The average Bonchev–Trinajstić information content (AvgIpc) is 3.42. The molecule has 0 saturated heterocycles. The van der Waals surface area contributed by atoms with Crippen LogP contribution in [0.2, 0.25) is 0 Å². The second-order valence-electron chi connectivity index (χ2n) is 23.8. The van der Waals surface area contributed by atoms with Crippen LogP contribution in [0.15, 0.2) is 60.8 Å². The second-order valence-corrected chi connectivity index (χ2v) is 23.8. The molecule has 0 amide bonds. The van der Waals surface area contributed by atoms with Gasteiger partial charge in [0.1, 0.15) is 13.2 Å². The number of unbranched alkanes of at least 4 members (excludes halogenated alkanes) is 37. The van der Waals surface area contributed by atoms with Gasteiger partial charge in [-0.05, 0) is 83.5 Å². The third kappa shape index (κ3) is 62.4. The molecule has 0 heterocycles. The number of aliphatic carboxylic acids is 1. The fraction of sp³-hybridized carbons (Fsp3) is 0.814. The molecule has 460 valence electrons. The fourth-order valence-corrected chi connectivity index (χ4v) is 9.58. The topological polar surface area (TPSA) is 108 Å². The number of allylic oxidation sites excluding steroid dienone is 10. The van der Waals surface area contributed by atoms with Crippen molar-refractivity contribution >= 4 is 17.9 Å². The lowest BCUT2D eigenvalue weighted by molar-refractivity contribution is -0.870. The molecule has 2 atom stereocenters. The molecule has 0 aromatic carbocycles. The maximum Gasteiger partial charge on any atom is 0.361 e. The first-order valence-electron chi connectivity index (χ1n) is 33.5. The zero-order chi connectivity index (χ0) is 57.6. The molecule has 0 aromatic heterocycles. The SMILES string of the molecule is CCCCCCC/C=C\C/C=C\C/C=C\CCCCCCCCCCCCCCCCC(=O)OC(COC(=O)CCCCCCCCCCCCCCC/C=C\C/C=C\CCCCCCC)COC(OCC[N+](C)(C)C)C(=O)O. The molecule has 0 spiro atoms. The van der Waals surface area contributed by atoms with E-state index in [-0.39, 0.29) is 32.2 Å². The number of hydrogen-bond donors (Lipinski definition) is 1. The van der Waals surface area contributed by atoms with Crippen molar-refractivity contribution in [2.45, 2.75) is 322 Å². The quantitative estimate of drug-likeness (QED) is 0.0211. The van der Waals surface area contributed by atoms with E-state index in [4.69, 9.17) is 18.9 Å². The summed E-state index contributed by atoms with van der Waals surface area (Å²) < 4.78 is 23.0. The molecule has 79 heavy (non-hydrogen) atoms. The molecule has 0 saturated carbocycles. The summed E-state index contributed by atoms with van der Waals surface area (Å²) in [4.78, 5) is 37.6. The predicted octanol–water partition coefficient (Wildman–Crippen LogP) is 20.4. The van der Waals surface area contributed by atoms with Gasteiger partial charge in [-0.2, -0.15) is 0 Å². The lowest BCUT2D eigenvalue weighted by Crippen LogP contribution is -2.40. The number of likely N-dealkylation sites (N-methyl/N-ethyl adjacent to an activating group) is 1. The van der Waals surface area contributed by atoms with Gasteiger partial charge in [0.2, 0.25) is 0 Å². The third-order valence-electron chi connectivity index (χ3n) is 14.7. The van der Waals surface area contributed by atoms with Gasteiger partial charge in [0, 0.05) is 12.8 Å². The molecular formula is C70H128NO8+. The number of carboxylic acids is 1. The summed E-state index contributed by atoms with van der Waals surface area (Å²) in [6.45, 7) is 4.89. The highest BCUT2D eigenvalue weighted by Crippen LogP contribution is 2.17. The Balaban J connectivity index is 4.14. The lowest BCUT2D eigenvalue weighted by Gasteiger charge is -2.25. The minimum absolute atomic E-state index is 0.182. The summed E-state index contributed by atoms with van der Waals surface area (Å²) in [5, 5.41) is 9.74. The lowest BCUT2D eigenvalue weighted by atomic mass is 10.0. The number of rotatable bonds is 62. The maximum atomic E-state index is 12.9. The number of esters is 2. The first kappa shape index (κ1) is 76.0. The van der Waals surface area contributed by atoms with Crippen LogP contribution < -0.4 is 0 Å². The van der Waals surface area contributed by atoms with Crippen LogP contribution in [0.3, 0.4) is 0 Å². The molecule has 0 aliphatic carbocycles. The monoisotopic (exact) mass is 1110 g/mol. The van der Waals surface area contributed by atoms with Crippen LogP contribution in [-0.4, -0.2) is 87.4 Å². The molecule has 2 unspecified atom stereocenters. The van der Waals surface area contributed by atoms with Gasteiger partial charge in [0.25, 0.3) is 6.29 Å². The number of quaternary nitrogens is 1. The van der Waals surface area contributed by atoms with Crippen molar-refractivity contribution in [1.29, 1.82) is 0 Å². The minimum Gasteiger partial charge on any atom is -0.477 e. The Morgan fingerprint density at radius 3 is 1.01 bits per heavy atom. The molecule has 0 aromatic rings. The Kier molecular flexibility index (Phi) is 58.7. The van der Waals surface area contributed by atoms with Gasteiger partial charge in [-0.1, -0.05) is 274 Å². The van der Waals surface area contributed by atoms with Crippen LogP contribution in [0.4, 0.5) is 0 Å². The molecule has 0 aliphatic heterocycles. The fourth-order valence-electron chi connectivity index (χ4n) is 9.58. The van der Waals surface area contributed by atoms with Crippen LogP contribution >= 0.6 is 0 Å². The summed E-state index contributed by atoms with van der Waals surface area (Å²) in [5.41, 5.74) is 0. The van der Waals surface area contributed by atoms with Crippen molar-refractivity contribution in [1.82, 2.24) is 0 Å². The zero-order valence-corrected chi connectivity index (χ0v) is 52.5. The van der Waals surface area contributed by atoms with Crippen molar-refractivity contribution in [3.63, 3.8) is 0 Å². The van der Waals surface area contributed by atoms with E-state index in [0.717, 1.165) is 57.8 Å². The average molecular weight is 1110 g/mol. The molecule has 0 fully saturated rings. The van der Waals surface area contributed by atoms with Gasteiger partial charge < -0.3 is 28.5 Å². The highest BCUT2D eigenvalue weighted by Gasteiger charge is 2.25. The van der Waals surface area contributed by atoms with E-state index in [1.807, 2.05) is 21.1 Å². The summed E-state index contributed by atoms with van der Waals surface area (Å²) in [6, 6.07) is 0. The van der Waals surface area contributed by atoms with Gasteiger partial charge in [0.15, 0.2) is 6.10 Å². The van der Waals surface area contributed by atoms with Crippen LogP contribution in [0, 0.1) is 0 Å². The van der Waals surface area contributed by atoms with Crippen LogP contribution in [0.1, 0.15) is 309 Å².